The number of nitrogens with one attached hydrogen (secondary N) is 1. The molecule has 0 aliphatic heterocycles. The molecule has 108 valence electrons. The first-order chi connectivity index (χ1) is 10.9. The Labute approximate surface area is 131 Å². The molecule has 3 aromatic carbocycles. The molecule has 0 saturated carbocycles. The van der Waals surface area contributed by atoms with Gasteiger partial charge >= 0.3 is 0 Å². The van der Waals surface area contributed by atoms with E-state index >= 15 is 0 Å². The first-order valence-corrected chi connectivity index (χ1v) is 7.37. The SMILES string of the molecule is C(=Nc1cccc(NCc2ccccc2)c1)c1ccccc1. The molecular formula is C20H18N2. The molecule has 2 nitrogen and oxygen atoms in total. The molecule has 0 radical (unpaired) electrons. The molecule has 0 heterocycles. The zero-order valence-corrected chi connectivity index (χ0v) is 12.3. The van der Waals surface area contributed by atoms with Gasteiger partial charge < -0.3 is 5.32 Å². The van der Waals surface area contributed by atoms with Crippen molar-refractivity contribution in [3.8, 4) is 0 Å². The van der Waals surface area contributed by atoms with Crippen molar-refractivity contribution < 1.29 is 0 Å². The third-order valence-electron chi connectivity index (χ3n) is 3.35. The van der Waals surface area contributed by atoms with Crippen LogP contribution in [-0.4, -0.2) is 6.21 Å². The third kappa shape index (κ3) is 4.06. The van der Waals surface area contributed by atoms with Crippen LogP contribution in [0, 0.1) is 0 Å². The molecule has 0 fully saturated rings. The van der Waals surface area contributed by atoms with E-state index in [0.29, 0.717) is 0 Å². The molecule has 0 saturated heterocycles. The highest BCUT2D eigenvalue weighted by Crippen LogP contribution is 2.18. The monoisotopic (exact) mass is 286 g/mol. The van der Waals surface area contributed by atoms with E-state index in [2.05, 4.69) is 46.7 Å². The zero-order chi connectivity index (χ0) is 15.0. The fourth-order valence-corrected chi connectivity index (χ4v) is 2.18. The Kier molecular flexibility index (Phi) is 4.63. The van der Waals surface area contributed by atoms with Gasteiger partial charge in [0.25, 0.3) is 0 Å². The lowest BCUT2D eigenvalue weighted by Crippen LogP contribution is -1.98. The molecule has 0 unspecified atom stereocenters. The second kappa shape index (κ2) is 7.23. The molecule has 0 aliphatic rings. The van der Waals surface area contributed by atoms with Crippen LogP contribution in [0.4, 0.5) is 11.4 Å². The highest BCUT2D eigenvalue weighted by Gasteiger charge is 1.95. The highest BCUT2D eigenvalue weighted by molar-refractivity contribution is 5.82. The minimum absolute atomic E-state index is 0.812. The average Bonchev–Trinajstić information content (AvgIpc) is 2.60. The Morgan fingerprint density at radius 3 is 2.27 bits per heavy atom. The smallest absolute Gasteiger partial charge is 0.0650 e. The summed E-state index contributed by atoms with van der Waals surface area (Å²) >= 11 is 0. The first-order valence-electron chi connectivity index (χ1n) is 7.37. The minimum Gasteiger partial charge on any atom is -0.381 e. The van der Waals surface area contributed by atoms with Crippen LogP contribution in [0.2, 0.25) is 0 Å². The largest absolute Gasteiger partial charge is 0.381 e. The predicted octanol–water partition coefficient (Wildman–Crippen LogP) is 5.05. The van der Waals surface area contributed by atoms with Crippen LogP contribution < -0.4 is 5.32 Å². The Balaban J connectivity index is 1.66. The topological polar surface area (TPSA) is 24.4 Å². The second-order valence-electron chi connectivity index (χ2n) is 5.06. The van der Waals surface area contributed by atoms with Gasteiger partial charge in [-0.1, -0.05) is 66.7 Å². The first kappa shape index (κ1) is 14.1. The maximum absolute atomic E-state index is 4.53. The summed E-state index contributed by atoms with van der Waals surface area (Å²) < 4.78 is 0. The van der Waals surface area contributed by atoms with Crippen LogP contribution in [0.25, 0.3) is 0 Å². The lowest BCUT2D eigenvalue weighted by molar-refractivity contribution is 1.15. The number of benzene rings is 3. The molecule has 3 aromatic rings. The van der Waals surface area contributed by atoms with Gasteiger partial charge in [-0.3, -0.25) is 4.99 Å². The molecule has 3 rings (SSSR count). The summed E-state index contributed by atoms with van der Waals surface area (Å²) in [6, 6.07) is 28.6. The van der Waals surface area contributed by atoms with E-state index in [9.17, 15) is 0 Å². The van der Waals surface area contributed by atoms with E-state index in [4.69, 9.17) is 0 Å². The van der Waals surface area contributed by atoms with E-state index in [1.807, 2.05) is 54.7 Å². The third-order valence-corrected chi connectivity index (χ3v) is 3.35. The van der Waals surface area contributed by atoms with Gasteiger partial charge in [0.15, 0.2) is 0 Å². The lowest BCUT2D eigenvalue weighted by Gasteiger charge is -2.07. The molecule has 2 heteroatoms. The van der Waals surface area contributed by atoms with E-state index in [1.165, 1.54) is 5.56 Å². The molecule has 22 heavy (non-hydrogen) atoms. The van der Waals surface area contributed by atoms with Crippen molar-refractivity contribution in [1.82, 2.24) is 0 Å². The fraction of sp³-hybridized carbons (Fsp3) is 0.0500. The average molecular weight is 286 g/mol. The quantitative estimate of drug-likeness (QED) is 0.652. The summed E-state index contributed by atoms with van der Waals surface area (Å²) in [5.74, 6) is 0. The highest BCUT2D eigenvalue weighted by atomic mass is 14.9. The van der Waals surface area contributed by atoms with Gasteiger partial charge in [-0.15, -0.1) is 0 Å². The van der Waals surface area contributed by atoms with Crippen molar-refractivity contribution in [1.29, 1.82) is 0 Å². The number of rotatable bonds is 5. The lowest BCUT2D eigenvalue weighted by atomic mass is 10.2. The molecule has 1 N–H and O–H groups in total. The van der Waals surface area contributed by atoms with E-state index in [-0.39, 0.29) is 0 Å². The number of aliphatic imine (C=N–C) groups is 1. The van der Waals surface area contributed by atoms with Crippen molar-refractivity contribution in [2.45, 2.75) is 6.54 Å². The molecule has 0 amide bonds. The molecule has 0 spiro atoms. The summed E-state index contributed by atoms with van der Waals surface area (Å²) in [5, 5.41) is 3.43. The molecular weight excluding hydrogens is 268 g/mol. The van der Waals surface area contributed by atoms with Gasteiger partial charge in [-0.05, 0) is 29.3 Å². The fourth-order valence-electron chi connectivity index (χ4n) is 2.18. The Bertz CT molecular complexity index is 734. The van der Waals surface area contributed by atoms with Crippen LogP contribution >= 0.6 is 0 Å². The Morgan fingerprint density at radius 2 is 1.50 bits per heavy atom. The second-order valence-corrected chi connectivity index (χ2v) is 5.06. The Hall–Kier alpha value is -2.87. The summed E-state index contributed by atoms with van der Waals surface area (Å²) in [6.07, 6.45) is 1.89. The summed E-state index contributed by atoms with van der Waals surface area (Å²) in [5.41, 5.74) is 4.39. The van der Waals surface area contributed by atoms with E-state index in [1.54, 1.807) is 0 Å². The van der Waals surface area contributed by atoms with Crippen LogP contribution in [-0.2, 0) is 6.54 Å². The molecule has 0 atom stereocenters. The molecule has 0 aromatic heterocycles. The van der Waals surface area contributed by atoms with Crippen LogP contribution in [0.1, 0.15) is 11.1 Å². The van der Waals surface area contributed by atoms with Crippen LogP contribution in [0.3, 0.4) is 0 Å². The van der Waals surface area contributed by atoms with Crippen molar-refractivity contribution in [3.63, 3.8) is 0 Å². The maximum atomic E-state index is 4.53. The Morgan fingerprint density at radius 1 is 0.773 bits per heavy atom. The van der Waals surface area contributed by atoms with Crippen molar-refractivity contribution >= 4 is 17.6 Å². The van der Waals surface area contributed by atoms with Gasteiger partial charge in [-0.25, -0.2) is 0 Å². The normalized spacial score (nSPS) is 10.7. The minimum atomic E-state index is 0.812. The van der Waals surface area contributed by atoms with Crippen molar-refractivity contribution in [2.24, 2.45) is 4.99 Å². The molecule has 0 bridgehead atoms. The predicted molar refractivity (Wildman–Crippen MR) is 93.9 cm³/mol. The van der Waals surface area contributed by atoms with Crippen molar-refractivity contribution in [2.75, 3.05) is 5.32 Å². The standard InChI is InChI=1S/C20H18N2/c1-3-8-17(9-4-1)15-21-19-12-7-13-20(14-19)22-16-18-10-5-2-6-11-18/h1-15,22H,16H2. The summed E-state index contributed by atoms with van der Waals surface area (Å²) in [4.78, 5) is 4.53. The van der Waals surface area contributed by atoms with Crippen LogP contribution in [0.5, 0.6) is 0 Å². The number of nitrogens with zero attached hydrogens (tertiary/aromatic N) is 1. The summed E-state index contributed by atoms with van der Waals surface area (Å²) in [6.45, 7) is 0.812. The van der Waals surface area contributed by atoms with Gasteiger partial charge in [0.2, 0.25) is 0 Å². The number of hydrogen-bond acceptors (Lipinski definition) is 2. The molecule has 0 aliphatic carbocycles. The van der Waals surface area contributed by atoms with Gasteiger partial charge in [0, 0.05) is 18.4 Å². The van der Waals surface area contributed by atoms with Gasteiger partial charge in [0.1, 0.15) is 0 Å². The van der Waals surface area contributed by atoms with E-state index in [0.717, 1.165) is 23.5 Å². The number of hydrogen-bond donors (Lipinski definition) is 1. The summed E-state index contributed by atoms with van der Waals surface area (Å²) in [7, 11) is 0. The van der Waals surface area contributed by atoms with E-state index < -0.39 is 0 Å². The zero-order valence-electron chi connectivity index (χ0n) is 12.3. The van der Waals surface area contributed by atoms with Gasteiger partial charge in [-0.2, -0.15) is 0 Å². The number of anilines is 1. The maximum Gasteiger partial charge on any atom is 0.0650 e. The van der Waals surface area contributed by atoms with Crippen molar-refractivity contribution in [3.05, 3.63) is 96.1 Å². The van der Waals surface area contributed by atoms with Crippen LogP contribution in [0.15, 0.2) is 89.9 Å². The van der Waals surface area contributed by atoms with Gasteiger partial charge in [0.05, 0.1) is 5.69 Å².